The topological polar surface area (TPSA) is 40.9 Å². The second-order valence-corrected chi connectivity index (χ2v) is 7.52. The molecular weight excluding hydrogens is 270 g/mol. The summed E-state index contributed by atoms with van der Waals surface area (Å²) >= 11 is 0. The normalized spacial score (nSPS) is 33.5. The molecule has 0 heterocycles. The van der Waals surface area contributed by atoms with Gasteiger partial charge >= 0.3 is 0 Å². The van der Waals surface area contributed by atoms with Crippen molar-refractivity contribution in [2.75, 3.05) is 0 Å². The second kappa shape index (κ2) is 4.81. The lowest BCUT2D eigenvalue weighted by atomic mass is 9.50. The number of nitriles is 1. The van der Waals surface area contributed by atoms with Crippen LogP contribution in [0.1, 0.15) is 67.9 Å². The van der Waals surface area contributed by atoms with Crippen LogP contribution in [0.15, 0.2) is 24.8 Å². The summed E-state index contributed by atoms with van der Waals surface area (Å²) < 4.78 is 0. The van der Waals surface area contributed by atoms with Crippen LogP contribution in [0.5, 0.6) is 0 Å². The largest absolute Gasteiger partial charge is 0.294 e. The molecular formula is C20H23NO. The Hall–Kier alpha value is -1.88. The number of carbonyl (C=O) groups is 1. The summed E-state index contributed by atoms with van der Waals surface area (Å²) in [5.74, 6) is 0.304. The molecule has 2 aliphatic carbocycles. The molecule has 1 aromatic rings. The zero-order chi connectivity index (χ0) is 16.1. The Morgan fingerprint density at radius 2 is 2.09 bits per heavy atom. The number of rotatable bonds is 1. The molecule has 0 aliphatic heterocycles. The van der Waals surface area contributed by atoms with Crippen molar-refractivity contribution in [1.29, 1.82) is 5.26 Å². The number of nitrogens with zero attached hydrogens (tertiary/aromatic N) is 1. The molecule has 2 aliphatic rings. The van der Waals surface area contributed by atoms with E-state index in [2.05, 4.69) is 31.7 Å². The number of allylic oxidation sites excluding steroid dienone is 1. The summed E-state index contributed by atoms with van der Waals surface area (Å²) in [5, 5.41) is 9.68. The fourth-order valence-electron chi connectivity index (χ4n) is 4.61. The van der Waals surface area contributed by atoms with Gasteiger partial charge in [0.2, 0.25) is 0 Å². The van der Waals surface area contributed by atoms with Crippen LogP contribution in [0, 0.1) is 22.7 Å². The molecule has 0 spiro atoms. The number of carbonyl (C=O) groups excluding carboxylic acids is 1. The lowest BCUT2D eigenvalue weighted by molar-refractivity contribution is 0.0556. The van der Waals surface area contributed by atoms with Crippen LogP contribution in [-0.2, 0) is 5.41 Å². The van der Waals surface area contributed by atoms with Crippen molar-refractivity contribution in [3.05, 3.63) is 41.5 Å². The summed E-state index contributed by atoms with van der Waals surface area (Å²) in [6.45, 7) is 10.2. The quantitative estimate of drug-likeness (QED) is 0.739. The van der Waals surface area contributed by atoms with Crippen LogP contribution in [0.4, 0.5) is 0 Å². The zero-order valence-electron chi connectivity index (χ0n) is 13.7. The molecule has 2 heteroatoms. The Morgan fingerprint density at radius 1 is 1.36 bits per heavy atom. The molecule has 0 bridgehead atoms. The third kappa shape index (κ3) is 1.96. The number of ketones is 1. The fraction of sp³-hybridized carbons (Fsp3) is 0.500. The van der Waals surface area contributed by atoms with E-state index in [4.69, 9.17) is 0 Å². The van der Waals surface area contributed by atoms with Gasteiger partial charge in [0.15, 0.2) is 5.78 Å². The molecule has 0 aromatic heterocycles. The first-order valence-electron chi connectivity index (χ1n) is 8.07. The Bertz CT molecular complexity index is 711. The molecule has 22 heavy (non-hydrogen) atoms. The van der Waals surface area contributed by atoms with Crippen molar-refractivity contribution >= 4 is 11.4 Å². The number of hydrogen-bond acceptors (Lipinski definition) is 2. The lowest BCUT2D eigenvalue weighted by Crippen LogP contribution is -2.50. The van der Waals surface area contributed by atoms with E-state index in [0.29, 0.717) is 6.42 Å². The van der Waals surface area contributed by atoms with Crippen LogP contribution in [-0.4, -0.2) is 5.78 Å². The van der Waals surface area contributed by atoms with E-state index in [-0.39, 0.29) is 17.1 Å². The highest BCUT2D eigenvalue weighted by atomic mass is 16.1. The molecule has 0 unspecified atom stereocenters. The molecule has 0 saturated heterocycles. The maximum absolute atomic E-state index is 12.7. The van der Waals surface area contributed by atoms with Gasteiger partial charge in [-0.15, -0.1) is 0 Å². The Morgan fingerprint density at radius 3 is 2.73 bits per heavy atom. The molecule has 0 N–H and O–H groups in total. The maximum atomic E-state index is 12.7. The molecule has 1 fully saturated rings. The minimum Gasteiger partial charge on any atom is -0.294 e. The molecule has 3 rings (SSSR count). The smallest absolute Gasteiger partial charge is 0.163 e. The number of Topliss-reactive ketones (excluding diaryl/α,β-unsaturated/α-hetero) is 1. The van der Waals surface area contributed by atoms with E-state index >= 15 is 0 Å². The highest BCUT2D eigenvalue weighted by molar-refractivity contribution is 6.00. The SMILES string of the molecule is C=C(C)c1ccc2c(c1)C(=O)C[C@H]1[C@@]2(C)CCC[C@@]1(C)C#N. The highest BCUT2D eigenvalue weighted by Crippen LogP contribution is 2.57. The van der Waals surface area contributed by atoms with E-state index in [9.17, 15) is 10.1 Å². The molecule has 2 nitrogen and oxygen atoms in total. The number of hydrogen-bond donors (Lipinski definition) is 0. The Kier molecular flexibility index (Phi) is 3.29. The zero-order valence-corrected chi connectivity index (χ0v) is 13.7. The van der Waals surface area contributed by atoms with Crippen molar-refractivity contribution in [3.63, 3.8) is 0 Å². The van der Waals surface area contributed by atoms with E-state index in [1.807, 2.05) is 19.9 Å². The first kappa shape index (κ1) is 15.0. The minimum absolute atomic E-state index is 0.0699. The van der Waals surface area contributed by atoms with Gasteiger partial charge in [0, 0.05) is 12.0 Å². The summed E-state index contributed by atoms with van der Waals surface area (Å²) in [4.78, 5) is 12.7. The average molecular weight is 293 g/mol. The van der Waals surface area contributed by atoms with Crippen molar-refractivity contribution in [1.82, 2.24) is 0 Å². The average Bonchev–Trinajstić information content (AvgIpc) is 2.49. The highest BCUT2D eigenvalue weighted by Gasteiger charge is 2.54. The number of benzene rings is 1. The molecule has 0 radical (unpaired) electrons. The monoisotopic (exact) mass is 293 g/mol. The third-order valence-corrected chi connectivity index (χ3v) is 6.00. The Balaban J connectivity index is 2.18. The van der Waals surface area contributed by atoms with Gasteiger partial charge in [-0.3, -0.25) is 4.79 Å². The van der Waals surface area contributed by atoms with Crippen LogP contribution >= 0.6 is 0 Å². The van der Waals surface area contributed by atoms with Crippen LogP contribution in [0.2, 0.25) is 0 Å². The van der Waals surface area contributed by atoms with Crippen LogP contribution < -0.4 is 0 Å². The van der Waals surface area contributed by atoms with Crippen molar-refractivity contribution in [2.24, 2.45) is 11.3 Å². The first-order valence-corrected chi connectivity index (χ1v) is 8.07. The van der Waals surface area contributed by atoms with Gasteiger partial charge in [-0.05, 0) is 55.2 Å². The van der Waals surface area contributed by atoms with Gasteiger partial charge in [0.25, 0.3) is 0 Å². The summed E-state index contributed by atoms with van der Waals surface area (Å²) in [7, 11) is 0. The van der Waals surface area contributed by atoms with Gasteiger partial charge in [-0.2, -0.15) is 5.26 Å². The predicted octanol–water partition coefficient (Wildman–Crippen LogP) is 4.89. The van der Waals surface area contributed by atoms with Gasteiger partial charge in [0.1, 0.15) is 0 Å². The van der Waals surface area contributed by atoms with Gasteiger partial charge in [-0.25, -0.2) is 0 Å². The Labute approximate surface area is 132 Å². The molecule has 0 amide bonds. The summed E-state index contributed by atoms with van der Waals surface area (Å²) in [5.41, 5.74) is 3.54. The van der Waals surface area contributed by atoms with Crippen molar-refractivity contribution in [3.8, 4) is 6.07 Å². The van der Waals surface area contributed by atoms with E-state index in [1.54, 1.807) is 0 Å². The third-order valence-electron chi connectivity index (χ3n) is 6.00. The molecule has 1 aromatic carbocycles. The van der Waals surface area contributed by atoms with Crippen molar-refractivity contribution < 1.29 is 4.79 Å². The molecule has 114 valence electrons. The fourth-order valence-corrected chi connectivity index (χ4v) is 4.61. The minimum atomic E-state index is -0.395. The van der Waals surface area contributed by atoms with Crippen LogP contribution in [0.3, 0.4) is 0 Å². The van der Waals surface area contributed by atoms with Gasteiger partial charge < -0.3 is 0 Å². The molecule has 3 atom stereocenters. The predicted molar refractivity (Wildman–Crippen MR) is 88.5 cm³/mol. The number of fused-ring (bicyclic) bond motifs is 3. The van der Waals surface area contributed by atoms with E-state index < -0.39 is 5.41 Å². The van der Waals surface area contributed by atoms with Gasteiger partial charge in [0.05, 0.1) is 11.5 Å². The summed E-state index contributed by atoms with van der Waals surface area (Å²) in [6.07, 6.45) is 3.50. The van der Waals surface area contributed by atoms with Crippen molar-refractivity contribution in [2.45, 2.75) is 51.9 Å². The lowest BCUT2D eigenvalue weighted by Gasteiger charge is -2.52. The second-order valence-electron chi connectivity index (χ2n) is 7.52. The summed E-state index contributed by atoms with van der Waals surface area (Å²) in [6, 6.07) is 8.69. The maximum Gasteiger partial charge on any atom is 0.163 e. The van der Waals surface area contributed by atoms with E-state index in [1.165, 1.54) is 0 Å². The van der Waals surface area contributed by atoms with E-state index in [0.717, 1.165) is 41.5 Å². The first-order chi connectivity index (χ1) is 10.3. The standard InChI is InChI=1S/C20H23NO/c1-13(2)14-6-7-16-15(10-14)17(22)11-18-19(3,12-21)8-5-9-20(16,18)4/h6-7,10,18H,1,5,8-9,11H2,2-4H3/t18-,19+,20+/m1/s1. The molecule has 1 saturated carbocycles. The van der Waals surface area contributed by atoms with Gasteiger partial charge in [-0.1, -0.05) is 37.6 Å². The van der Waals surface area contributed by atoms with Crippen LogP contribution in [0.25, 0.3) is 5.57 Å².